The summed E-state index contributed by atoms with van der Waals surface area (Å²) in [7, 11) is 1.74. The Labute approximate surface area is 130 Å². The molecule has 0 saturated heterocycles. The summed E-state index contributed by atoms with van der Waals surface area (Å²) in [4.78, 5) is 0.361. The summed E-state index contributed by atoms with van der Waals surface area (Å²) in [5, 5.41) is 0. The van der Waals surface area contributed by atoms with Gasteiger partial charge in [-0.1, -0.05) is 64.5 Å². The molecule has 0 aliphatic heterocycles. The van der Waals surface area contributed by atoms with Crippen LogP contribution in [0.15, 0.2) is 48.5 Å². The summed E-state index contributed by atoms with van der Waals surface area (Å²) in [6.07, 6.45) is 1.99. The Balaban J connectivity index is 2.02. The van der Waals surface area contributed by atoms with E-state index >= 15 is 0 Å². The summed E-state index contributed by atoms with van der Waals surface area (Å²) in [5.74, 6) is 0. The normalized spacial score (nSPS) is 12.3. The van der Waals surface area contributed by atoms with Crippen molar-refractivity contribution in [3.8, 4) is 0 Å². The van der Waals surface area contributed by atoms with Crippen LogP contribution >= 0.6 is 15.9 Å². The molecule has 106 valence electrons. The molecule has 1 unspecified atom stereocenters. The third kappa shape index (κ3) is 4.19. The van der Waals surface area contributed by atoms with Crippen molar-refractivity contribution < 1.29 is 4.74 Å². The molecule has 0 heterocycles. The number of aryl methyl sites for hydroxylation is 1. The molecular weight excluding hydrogens is 312 g/mol. The SMILES string of the molecule is COCCc1ccc(C(Br)Cc2ccccc2C)cc1. The lowest BCUT2D eigenvalue weighted by atomic mass is 9.99. The van der Waals surface area contributed by atoms with Crippen LogP contribution in [0, 0.1) is 6.92 Å². The largest absolute Gasteiger partial charge is 0.384 e. The van der Waals surface area contributed by atoms with Gasteiger partial charge < -0.3 is 4.74 Å². The Morgan fingerprint density at radius 3 is 2.40 bits per heavy atom. The molecular formula is C18H21BrO. The zero-order valence-corrected chi connectivity index (χ0v) is 13.7. The maximum absolute atomic E-state index is 5.11. The van der Waals surface area contributed by atoms with Gasteiger partial charge in [0.15, 0.2) is 0 Å². The number of rotatable bonds is 6. The summed E-state index contributed by atoms with van der Waals surface area (Å²) in [5.41, 5.74) is 5.41. The molecule has 2 heteroatoms. The molecule has 1 nitrogen and oxygen atoms in total. The molecule has 0 N–H and O–H groups in total. The van der Waals surface area contributed by atoms with Crippen LogP contribution in [-0.2, 0) is 17.6 Å². The lowest BCUT2D eigenvalue weighted by Gasteiger charge is -2.13. The molecule has 0 saturated carbocycles. The molecule has 0 radical (unpaired) electrons. The van der Waals surface area contributed by atoms with E-state index in [1.54, 1.807) is 7.11 Å². The predicted octanol–water partition coefficient (Wildman–Crippen LogP) is 4.86. The highest BCUT2D eigenvalue weighted by Gasteiger charge is 2.09. The molecule has 2 aromatic rings. The first-order valence-electron chi connectivity index (χ1n) is 6.97. The van der Waals surface area contributed by atoms with Crippen LogP contribution in [0.2, 0.25) is 0 Å². The quantitative estimate of drug-likeness (QED) is 0.686. The lowest BCUT2D eigenvalue weighted by Crippen LogP contribution is -1.99. The van der Waals surface area contributed by atoms with E-state index in [-0.39, 0.29) is 0 Å². The maximum Gasteiger partial charge on any atom is 0.0502 e. The lowest BCUT2D eigenvalue weighted by molar-refractivity contribution is 0.202. The van der Waals surface area contributed by atoms with Gasteiger partial charge >= 0.3 is 0 Å². The van der Waals surface area contributed by atoms with Crippen molar-refractivity contribution in [3.63, 3.8) is 0 Å². The number of hydrogen-bond donors (Lipinski definition) is 0. The fourth-order valence-electron chi connectivity index (χ4n) is 2.26. The second kappa shape index (κ2) is 7.61. The zero-order chi connectivity index (χ0) is 14.4. The molecule has 0 aliphatic carbocycles. The Morgan fingerprint density at radius 1 is 1.05 bits per heavy atom. The first-order valence-corrected chi connectivity index (χ1v) is 7.88. The number of halogens is 1. The van der Waals surface area contributed by atoms with E-state index in [9.17, 15) is 0 Å². The average Bonchev–Trinajstić information content (AvgIpc) is 2.48. The molecule has 0 fully saturated rings. The van der Waals surface area contributed by atoms with E-state index in [0.29, 0.717) is 4.83 Å². The van der Waals surface area contributed by atoms with Crippen molar-refractivity contribution in [1.29, 1.82) is 0 Å². The monoisotopic (exact) mass is 332 g/mol. The molecule has 0 aliphatic rings. The van der Waals surface area contributed by atoms with Crippen LogP contribution in [-0.4, -0.2) is 13.7 Å². The minimum absolute atomic E-state index is 0.361. The summed E-state index contributed by atoms with van der Waals surface area (Å²) in [6, 6.07) is 17.4. The maximum atomic E-state index is 5.11. The topological polar surface area (TPSA) is 9.23 Å². The molecule has 1 atom stereocenters. The minimum Gasteiger partial charge on any atom is -0.384 e. The molecule has 0 aromatic heterocycles. The van der Waals surface area contributed by atoms with E-state index < -0.39 is 0 Å². The van der Waals surface area contributed by atoms with Crippen LogP contribution in [0.1, 0.15) is 27.1 Å². The predicted molar refractivity (Wildman–Crippen MR) is 88.6 cm³/mol. The highest BCUT2D eigenvalue weighted by atomic mass is 79.9. The van der Waals surface area contributed by atoms with Gasteiger partial charge in [0.25, 0.3) is 0 Å². The zero-order valence-electron chi connectivity index (χ0n) is 12.1. The smallest absolute Gasteiger partial charge is 0.0502 e. The fraction of sp³-hybridized carbons (Fsp3) is 0.333. The van der Waals surface area contributed by atoms with E-state index in [2.05, 4.69) is 71.4 Å². The van der Waals surface area contributed by atoms with Gasteiger partial charge in [-0.2, -0.15) is 0 Å². The minimum atomic E-state index is 0.361. The van der Waals surface area contributed by atoms with Crippen LogP contribution in [0.5, 0.6) is 0 Å². The van der Waals surface area contributed by atoms with Crippen LogP contribution in [0.4, 0.5) is 0 Å². The second-order valence-corrected chi connectivity index (χ2v) is 6.19. The summed E-state index contributed by atoms with van der Waals surface area (Å²) < 4.78 is 5.11. The molecule has 0 amide bonds. The van der Waals surface area contributed by atoms with E-state index in [1.807, 2.05) is 0 Å². The van der Waals surface area contributed by atoms with E-state index in [1.165, 1.54) is 22.3 Å². The second-order valence-electron chi connectivity index (χ2n) is 5.08. The Morgan fingerprint density at radius 2 is 1.75 bits per heavy atom. The molecule has 0 bridgehead atoms. The highest BCUT2D eigenvalue weighted by Crippen LogP contribution is 2.28. The molecule has 20 heavy (non-hydrogen) atoms. The number of methoxy groups -OCH3 is 1. The third-order valence-electron chi connectivity index (χ3n) is 3.60. The first kappa shape index (κ1) is 15.3. The van der Waals surface area contributed by atoms with Crippen LogP contribution < -0.4 is 0 Å². The van der Waals surface area contributed by atoms with E-state index in [4.69, 9.17) is 4.74 Å². The Bertz CT molecular complexity index is 533. The van der Waals surface area contributed by atoms with Gasteiger partial charge in [0.2, 0.25) is 0 Å². The Hall–Kier alpha value is -1.12. The molecule has 0 spiro atoms. The average molecular weight is 333 g/mol. The van der Waals surface area contributed by atoms with Crippen molar-refractivity contribution in [2.45, 2.75) is 24.6 Å². The van der Waals surface area contributed by atoms with Gasteiger partial charge in [-0.05, 0) is 42.0 Å². The van der Waals surface area contributed by atoms with Crippen molar-refractivity contribution in [2.24, 2.45) is 0 Å². The van der Waals surface area contributed by atoms with E-state index in [0.717, 1.165) is 19.4 Å². The third-order valence-corrected chi connectivity index (χ3v) is 4.45. The fourth-order valence-corrected chi connectivity index (χ4v) is 2.92. The number of ether oxygens (including phenoxy) is 1. The first-order chi connectivity index (χ1) is 9.70. The van der Waals surface area contributed by atoms with Crippen molar-refractivity contribution in [3.05, 3.63) is 70.8 Å². The summed E-state index contributed by atoms with van der Waals surface area (Å²) >= 11 is 3.81. The van der Waals surface area contributed by atoms with Gasteiger partial charge in [-0.3, -0.25) is 0 Å². The summed E-state index contributed by atoms with van der Waals surface area (Å²) in [6.45, 7) is 2.95. The standard InChI is InChI=1S/C18H21BrO/c1-14-5-3-4-6-17(14)13-18(19)16-9-7-15(8-10-16)11-12-20-2/h3-10,18H,11-13H2,1-2H3. The van der Waals surface area contributed by atoms with Gasteiger partial charge in [0.05, 0.1) is 6.61 Å². The van der Waals surface area contributed by atoms with Gasteiger partial charge in [0.1, 0.15) is 0 Å². The Kier molecular flexibility index (Phi) is 5.81. The van der Waals surface area contributed by atoms with Gasteiger partial charge in [0, 0.05) is 11.9 Å². The highest BCUT2D eigenvalue weighted by molar-refractivity contribution is 9.09. The van der Waals surface area contributed by atoms with Gasteiger partial charge in [-0.25, -0.2) is 0 Å². The van der Waals surface area contributed by atoms with Crippen LogP contribution in [0.25, 0.3) is 0 Å². The van der Waals surface area contributed by atoms with Crippen LogP contribution in [0.3, 0.4) is 0 Å². The van der Waals surface area contributed by atoms with Gasteiger partial charge in [-0.15, -0.1) is 0 Å². The van der Waals surface area contributed by atoms with Crippen molar-refractivity contribution in [1.82, 2.24) is 0 Å². The number of benzene rings is 2. The number of alkyl halides is 1. The van der Waals surface area contributed by atoms with Crippen molar-refractivity contribution in [2.75, 3.05) is 13.7 Å². The molecule has 2 aromatic carbocycles. The van der Waals surface area contributed by atoms with Crippen molar-refractivity contribution >= 4 is 15.9 Å². The molecule has 2 rings (SSSR count). The number of hydrogen-bond acceptors (Lipinski definition) is 1.